The van der Waals surface area contributed by atoms with Gasteiger partial charge in [-0.2, -0.15) is 0 Å². The van der Waals surface area contributed by atoms with Gasteiger partial charge in [-0.3, -0.25) is 0 Å². The van der Waals surface area contributed by atoms with Crippen LogP contribution in [0.5, 0.6) is 0 Å². The van der Waals surface area contributed by atoms with E-state index in [-0.39, 0.29) is 6.42 Å². The standard InChI is InChI=1S/C10H21F5Si2/c1-3-4-6-10(11,12)16-7-5-9(2)8-17(13,14)15/h9H,3-8,16H2,1-2H3. The molecule has 0 saturated heterocycles. The fourth-order valence-electron chi connectivity index (χ4n) is 1.77. The van der Waals surface area contributed by atoms with E-state index >= 15 is 0 Å². The Hall–Kier alpha value is 0.0838. The highest BCUT2D eigenvalue weighted by atomic mass is 28.5. The molecule has 0 aromatic carbocycles. The molecule has 0 fully saturated rings. The quantitative estimate of drug-likeness (QED) is 0.339. The molecule has 0 radical (unpaired) electrons. The lowest BCUT2D eigenvalue weighted by molar-refractivity contribution is 0.0775. The third-order valence-electron chi connectivity index (χ3n) is 2.72. The van der Waals surface area contributed by atoms with Gasteiger partial charge in [-0.25, -0.2) is 21.1 Å². The van der Waals surface area contributed by atoms with E-state index in [1.165, 1.54) is 6.92 Å². The molecule has 0 aliphatic carbocycles. The minimum atomic E-state index is -5.51. The Labute approximate surface area is 103 Å². The fourth-order valence-corrected chi connectivity index (χ4v) is 4.68. The van der Waals surface area contributed by atoms with E-state index < -0.39 is 36.1 Å². The summed E-state index contributed by atoms with van der Waals surface area (Å²) in [4.78, 5) is 0. The first kappa shape index (κ1) is 17.1. The number of halogens is 5. The molecule has 0 amide bonds. The van der Waals surface area contributed by atoms with Gasteiger partial charge in [0.05, 0.1) is 0 Å². The summed E-state index contributed by atoms with van der Waals surface area (Å²) in [5.74, 6) is -0.476. The van der Waals surface area contributed by atoms with E-state index in [1.54, 1.807) is 0 Å². The van der Waals surface area contributed by atoms with Crippen molar-refractivity contribution in [1.29, 1.82) is 0 Å². The largest absolute Gasteiger partial charge is 0.616 e. The van der Waals surface area contributed by atoms with E-state index in [4.69, 9.17) is 0 Å². The second kappa shape index (κ2) is 7.50. The highest BCUT2D eigenvalue weighted by Crippen LogP contribution is 2.26. The van der Waals surface area contributed by atoms with E-state index in [9.17, 15) is 21.1 Å². The zero-order valence-corrected chi connectivity index (χ0v) is 12.8. The third-order valence-corrected chi connectivity index (χ3v) is 5.72. The third kappa shape index (κ3) is 10.9. The van der Waals surface area contributed by atoms with Crippen molar-refractivity contribution in [3.63, 3.8) is 0 Å². The highest BCUT2D eigenvalue weighted by Gasteiger charge is 2.38. The molecule has 0 rings (SSSR count). The van der Waals surface area contributed by atoms with E-state index in [0.29, 0.717) is 18.9 Å². The van der Waals surface area contributed by atoms with Gasteiger partial charge >= 0.3 is 9.08 Å². The van der Waals surface area contributed by atoms with Crippen LogP contribution >= 0.6 is 0 Å². The van der Waals surface area contributed by atoms with Gasteiger partial charge < -0.3 is 0 Å². The van der Waals surface area contributed by atoms with Gasteiger partial charge in [-0.1, -0.05) is 32.7 Å². The summed E-state index contributed by atoms with van der Waals surface area (Å²) in [7, 11) is -7.07. The molecule has 0 aromatic rings. The zero-order valence-electron chi connectivity index (χ0n) is 10.4. The second-order valence-corrected chi connectivity index (χ2v) is 8.66. The summed E-state index contributed by atoms with van der Waals surface area (Å²) in [6.07, 6.45) is 1.46. The molecule has 1 unspecified atom stereocenters. The lowest BCUT2D eigenvalue weighted by Gasteiger charge is -2.17. The van der Waals surface area contributed by atoms with Gasteiger partial charge in [0, 0.05) is 12.5 Å². The molecule has 0 heterocycles. The number of hydrogen-bond donors (Lipinski definition) is 0. The number of hydrogen-bond acceptors (Lipinski definition) is 0. The van der Waals surface area contributed by atoms with Gasteiger partial charge in [0.2, 0.25) is 5.55 Å². The highest BCUT2D eigenvalue weighted by molar-refractivity contribution is 6.58. The molecule has 104 valence electrons. The van der Waals surface area contributed by atoms with Crippen molar-refractivity contribution in [3.05, 3.63) is 0 Å². The van der Waals surface area contributed by atoms with Crippen LogP contribution in [-0.2, 0) is 0 Å². The molecule has 0 N–H and O–H groups in total. The van der Waals surface area contributed by atoms with Crippen LogP contribution < -0.4 is 0 Å². The molecule has 0 aliphatic rings. The molecule has 0 aliphatic heterocycles. The first-order valence-electron chi connectivity index (χ1n) is 6.11. The maximum Gasteiger partial charge on any atom is 0.616 e. The maximum atomic E-state index is 13.2. The average molecular weight is 292 g/mol. The van der Waals surface area contributed by atoms with Crippen LogP contribution in [0.3, 0.4) is 0 Å². The van der Waals surface area contributed by atoms with Crippen LogP contribution in [-0.4, -0.2) is 24.1 Å². The monoisotopic (exact) mass is 292 g/mol. The van der Waals surface area contributed by atoms with Crippen molar-refractivity contribution < 1.29 is 21.1 Å². The minimum Gasteiger partial charge on any atom is -0.238 e. The van der Waals surface area contributed by atoms with Crippen molar-refractivity contribution in [3.8, 4) is 0 Å². The second-order valence-electron chi connectivity index (χ2n) is 4.78. The Morgan fingerprint density at radius 2 is 1.82 bits per heavy atom. The lowest BCUT2D eigenvalue weighted by atomic mass is 10.2. The molecule has 0 aromatic heterocycles. The van der Waals surface area contributed by atoms with Crippen molar-refractivity contribution in [1.82, 2.24) is 0 Å². The first-order valence-corrected chi connectivity index (χ1v) is 9.65. The fraction of sp³-hybridized carbons (Fsp3) is 1.00. The number of alkyl halides is 2. The summed E-state index contributed by atoms with van der Waals surface area (Å²) in [5.41, 5.74) is -2.56. The summed E-state index contributed by atoms with van der Waals surface area (Å²) in [5, 5.41) is 0. The molecule has 1 atom stereocenters. The van der Waals surface area contributed by atoms with Gasteiger partial charge in [0.1, 0.15) is 9.52 Å². The van der Waals surface area contributed by atoms with Crippen LogP contribution in [0.4, 0.5) is 21.1 Å². The topological polar surface area (TPSA) is 0 Å². The Bertz CT molecular complexity index is 205. The SMILES string of the molecule is CCCCC(F)(F)[SiH2]CCC(C)C[Si](F)(F)F. The van der Waals surface area contributed by atoms with E-state index in [2.05, 4.69) is 0 Å². The van der Waals surface area contributed by atoms with Crippen molar-refractivity contribution in [2.75, 3.05) is 0 Å². The lowest BCUT2D eigenvalue weighted by Crippen LogP contribution is -2.25. The Morgan fingerprint density at radius 3 is 2.29 bits per heavy atom. The maximum absolute atomic E-state index is 13.2. The van der Waals surface area contributed by atoms with Gasteiger partial charge in [0.25, 0.3) is 0 Å². The number of unbranched alkanes of at least 4 members (excludes halogenated alkanes) is 1. The molecule has 0 bridgehead atoms. The average Bonchev–Trinajstić information content (AvgIpc) is 2.11. The van der Waals surface area contributed by atoms with E-state index in [1.807, 2.05) is 6.92 Å². The predicted octanol–water partition coefficient (Wildman–Crippen LogP) is 4.23. The van der Waals surface area contributed by atoms with Gasteiger partial charge in [-0.05, 0) is 12.3 Å². The van der Waals surface area contributed by atoms with Gasteiger partial charge in [-0.15, -0.1) is 0 Å². The zero-order chi connectivity index (χ0) is 13.5. The molecular weight excluding hydrogens is 271 g/mol. The van der Waals surface area contributed by atoms with Crippen molar-refractivity contribution in [2.24, 2.45) is 5.92 Å². The van der Waals surface area contributed by atoms with Crippen LogP contribution in [0.1, 0.15) is 39.5 Å². The summed E-state index contributed by atoms with van der Waals surface area (Å²) in [6.45, 7) is 3.37. The van der Waals surface area contributed by atoms with Crippen LogP contribution in [0.2, 0.25) is 12.1 Å². The van der Waals surface area contributed by atoms with Crippen LogP contribution in [0.25, 0.3) is 0 Å². The molecule has 0 saturated carbocycles. The first-order chi connectivity index (χ1) is 7.66. The normalized spacial score (nSPS) is 15.7. The van der Waals surface area contributed by atoms with Gasteiger partial charge in [0.15, 0.2) is 0 Å². The molecular formula is C10H21F5Si2. The smallest absolute Gasteiger partial charge is 0.238 e. The van der Waals surface area contributed by atoms with Crippen LogP contribution in [0.15, 0.2) is 0 Å². The Morgan fingerprint density at radius 1 is 1.24 bits per heavy atom. The number of rotatable bonds is 9. The Balaban J connectivity index is 3.75. The Kier molecular flexibility index (Phi) is 7.54. The summed E-state index contributed by atoms with van der Waals surface area (Å²) < 4.78 is 62.9. The molecule has 7 heteroatoms. The molecule has 0 spiro atoms. The van der Waals surface area contributed by atoms with E-state index in [0.717, 1.165) is 6.42 Å². The summed E-state index contributed by atoms with van der Waals surface area (Å²) >= 11 is 0. The van der Waals surface area contributed by atoms with Crippen LogP contribution in [0, 0.1) is 5.92 Å². The summed E-state index contributed by atoms with van der Waals surface area (Å²) in [6, 6.07) is -0.399. The molecule has 17 heavy (non-hydrogen) atoms. The minimum absolute atomic E-state index is 0.0852. The van der Waals surface area contributed by atoms with Crippen molar-refractivity contribution in [2.45, 2.75) is 57.2 Å². The molecule has 0 nitrogen and oxygen atoms in total. The predicted molar refractivity (Wildman–Crippen MR) is 65.5 cm³/mol. The van der Waals surface area contributed by atoms with Crippen molar-refractivity contribution >= 4 is 18.6 Å².